The molecule has 0 atom stereocenters. The van der Waals surface area contributed by atoms with Crippen LogP contribution >= 0.6 is 0 Å². The van der Waals surface area contributed by atoms with Gasteiger partial charge in [-0.2, -0.15) is 0 Å². The molecule has 0 spiro atoms. The smallest absolute Gasteiger partial charge is 0.316 e. The maximum absolute atomic E-state index is 12.9. The highest BCUT2D eigenvalue weighted by Gasteiger charge is 2.27. The first-order valence-corrected chi connectivity index (χ1v) is 11.7. The van der Waals surface area contributed by atoms with E-state index in [2.05, 4.69) is 0 Å². The van der Waals surface area contributed by atoms with E-state index in [1.165, 1.54) is 6.08 Å². The number of hydrogen-bond donors (Lipinski definition) is 0. The van der Waals surface area contributed by atoms with Gasteiger partial charge in [0.15, 0.2) is 5.78 Å². The van der Waals surface area contributed by atoms with E-state index in [0.29, 0.717) is 35.0 Å². The predicted molar refractivity (Wildman–Crippen MR) is 137 cm³/mol. The molecule has 0 radical (unpaired) electrons. The maximum Gasteiger partial charge on any atom is 0.316 e. The van der Waals surface area contributed by atoms with Crippen molar-refractivity contribution >= 4 is 23.8 Å². The molecule has 0 fully saturated rings. The Morgan fingerprint density at radius 2 is 1.31 bits per heavy atom. The summed E-state index contributed by atoms with van der Waals surface area (Å²) in [5, 5.41) is 0. The molecule has 0 aliphatic carbocycles. The van der Waals surface area contributed by atoms with Crippen molar-refractivity contribution < 1.29 is 28.6 Å². The lowest BCUT2D eigenvalue weighted by Crippen LogP contribution is -2.26. The van der Waals surface area contributed by atoms with Gasteiger partial charge in [0, 0.05) is 5.56 Å². The molecule has 0 saturated heterocycles. The van der Waals surface area contributed by atoms with Crippen LogP contribution in [-0.4, -0.2) is 24.3 Å². The van der Waals surface area contributed by atoms with Crippen LogP contribution in [-0.2, 0) is 9.59 Å². The van der Waals surface area contributed by atoms with Crippen LogP contribution in [0.15, 0.2) is 36.4 Å². The minimum absolute atomic E-state index is 0.256. The second kappa shape index (κ2) is 10.9. The number of ketones is 1. The Morgan fingerprint density at radius 3 is 1.83 bits per heavy atom. The summed E-state index contributed by atoms with van der Waals surface area (Å²) in [5.74, 6) is 0.305. The van der Waals surface area contributed by atoms with Gasteiger partial charge < -0.3 is 14.2 Å². The van der Waals surface area contributed by atoms with E-state index in [4.69, 9.17) is 14.2 Å². The van der Waals surface area contributed by atoms with Gasteiger partial charge in [0.1, 0.15) is 17.2 Å². The third kappa shape index (κ3) is 7.28. The molecule has 0 aliphatic heterocycles. The average Bonchev–Trinajstić information content (AvgIpc) is 2.75. The van der Waals surface area contributed by atoms with Gasteiger partial charge >= 0.3 is 11.9 Å². The molecular weight excluding hydrogens is 444 g/mol. The van der Waals surface area contributed by atoms with E-state index < -0.39 is 10.8 Å². The summed E-state index contributed by atoms with van der Waals surface area (Å²) in [5.41, 5.74) is 1.27. The third-order valence-electron chi connectivity index (χ3n) is 5.10. The van der Waals surface area contributed by atoms with Gasteiger partial charge in [-0.15, -0.1) is 0 Å². The van der Waals surface area contributed by atoms with Crippen molar-refractivity contribution in [2.45, 2.75) is 62.3 Å². The average molecular weight is 481 g/mol. The molecule has 6 heteroatoms. The molecule has 0 heterocycles. The van der Waals surface area contributed by atoms with Crippen molar-refractivity contribution in [3.05, 3.63) is 58.7 Å². The standard InChI is InChI=1S/C29H36O6/c1-10-33-24-18(2)17-19(3)25(35-27(32)29(7,8)9)22(24)15-16-23(30)20-11-13-21(14-12-20)34-26(31)28(4,5)6/h11-17H,10H2,1-9H3. The Balaban J connectivity index is 2.39. The third-order valence-corrected chi connectivity index (χ3v) is 5.10. The lowest BCUT2D eigenvalue weighted by atomic mass is 9.97. The molecule has 0 aromatic heterocycles. The molecule has 2 rings (SSSR count). The molecule has 0 unspecified atom stereocenters. The number of allylic oxidation sites excluding steroid dienone is 1. The van der Waals surface area contributed by atoms with Gasteiger partial charge in [-0.3, -0.25) is 14.4 Å². The SMILES string of the molecule is CCOc1c(C)cc(C)c(OC(=O)C(C)(C)C)c1C=CC(=O)c1ccc(OC(=O)C(C)(C)C)cc1. The molecule has 0 bridgehead atoms. The summed E-state index contributed by atoms with van der Waals surface area (Å²) in [6.45, 7) is 16.7. The summed E-state index contributed by atoms with van der Waals surface area (Å²) < 4.78 is 17.0. The molecular formula is C29H36O6. The summed E-state index contributed by atoms with van der Waals surface area (Å²) in [7, 11) is 0. The fourth-order valence-corrected chi connectivity index (χ4v) is 3.05. The number of rotatable bonds is 7. The van der Waals surface area contributed by atoms with Gasteiger partial charge in [-0.1, -0.05) is 0 Å². The molecule has 2 aromatic carbocycles. The minimum atomic E-state index is -0.696. The number of carbonyl (C=O) groups excluding carboxylic acids is 3. The Hall–Kier alpha value is -3.41. The van der Waals surface area contributed by atoms with Crippen molar-refractivity contribution in [2.24, 2.45) is 10.8 Å². The number of ether oxygens (including phenoxy) is 3. The predicted octanol–water partition coefficient (Wildman–Crippen LogP) is 6.50. The van der Waals surface area contributed by atoms with E-state index in [0.717, 1.165) is 11.1 Å². The highest BCUT2D eigenvalue weighted by atomic mass is 16.5. The minimum Gasteiger partial charge on any atom is -0.493 e. The van der Waals surface area contributed by atoms with Gasteiger partial charge in [-0.25, -0.2) is 0 Å². The Labute approximate surface area is 208 Å². The van der Waals surface area contributed by atoms with E-state index in [-0.39, 0.29) is 17.7 Å². The van der Waals surface area contributed by atoms with E-state index in [1.54, 1.807) is 71.9 Å². The van der Waals surface area contributed by atoms with Gasteiger partial charge in [0.05, 0.1) is 23.0 Å². The van der Waals surface area contributed by atoms with Crippen LogP contribution in [0.5, 0.6) is 17.2 Å². The molecule has 0 aliphatic rings. The quantitative estimate of drug-likeness (QED) is 0.195. The van der Waals surface area contributed by atoms with Crippen LogP contribution in [0.2, 0.25) is 0 Å². The largest absolute Gasteiger partial charge is 0.493 e. The van der Waals surface area contributed by atoms with Crippen LogP contribution in [0.3, 0.4) is 0 Å². The Morgan fingerprint density at radius 1 is 0.800 bits per heavy atom. The zero-order valence-corrected chi connectivity index (χ0v) is 22.2. The van der Waals surface area contributed by atoms with Gasteiger partial charge in [0.2, 0.25) is 0 Å². The highest BCUT2D eigenvalue weighted by Crippen LogP contribution is 2.38. The molecule has 0 amide bonds. The van der Waals surface area contributed by atoms with Crippen molar-refractivity contribution in [3.63, 3.8) is 0 Å². The zero-order valence-electron chi connectivity index (χ0n) is 22.2. The van der Waals surface area contributed by atoms with E-state index in [1.807, 2.05) is 26.8 Å². The number of hydrogen-bond acceptors (Lipinski definition) is 6. The van der Waals surface area contributed by atoms with Crippen LogP contribution in [0.1, 0.15) is 75.5 Å². The first-order chi connectivity index (χ1) is 16.1. The zero-order chi connectivity index (χ0) is 26.6. The van der Waals surface area contributed by atoms with Crippen LogP contribution in [0.4, 0.5) is 0 Å². The van der Waals surface area contributed by atoms with Gasteiger partial charge in [-0.05, 0) is 116 Å². The summed E-state index contributed by atoms with van der Waals surface area (Å²) in [6, 6.07) is 8.27. The highest BCUT2D eigenvalue weighted by molar-refractivity contribution is 6.07. The first kappa shape index (κ1) is 27.8. The lowest BCUT2D eigenvalue weighted by Gasteiger charge is -2.21. The second-order valence-corrected chi connectivity index (χ2v) is 10.5. The fraction of sp³-hybridized carbons (Fsp3) is 0.414. The monoisotopic (exact) mass is 480 g/mol. The van der Waals surface area contributed by atoms with Crippen molar-refractivity contribution in [1.82, 2.24) is 0 Å². The summed E-state index contributed by atoms with van der Waals surface area (Å²) in [6.07, 6.45) is 3.04. The molecule has 188 valence electrons. The number of benzene rings is 2. The summed E-state index contributed by atoms with van der Waals surface area (Å²) >= 11 is 0. The molecule has 2 aromatic rings. The van der Waals surface area contributed by atoms with Crippen molar-refractivity contribution in [3.8, 4) is 17.2 Å². The first-order valence-electron chi connectivity index (χ1n) is 11.7. The number of carbonyl (C=O) groups is 3. The molecule has 35 heavy (non-hydrogen) atoms. The van der Waals surface area contributed by atoms with Crippen LogP contribution in [0.25, 0.3) is 6.08 Å². The number of aryl methyl sites for hydroxylation is 2. The van der Waals surface area contributed by atoms with Crippen molar-refractivity contribution in [1.29, 1.82) is 0 Å². The molecule has 0 saturated carbocycles. The molecule has 6 nitrogen and oxygen atoms in total. The Kier molecular flexibility index (Phi) is 8.66. The normalized spacial score (nSPS) is 11.9. The number of esters is 2. The topological polar surface area (TPSA) is 78.9 Å². The van der Waals surface area contributed by atoms with Crippen LogP contribution < -0.4 is 14.2 Å². The lowest BCUT2D eigenvalue weighted by molar-refractivity contribution is -0.143. The van der Waals surface area contributed by atoms with Crippen LogP contribution in [0, 0.1) is 24.7 Å². The fourth-order valence-electron chi connectivity index (χ4n) is 3.05. The second-order valence-electron chi connectivity index (χ2n) is 10.5. The van der Waals surface area contributed by atoms with E-state index in [9.17, 15) is 14.4 Å². The molecule has 0 N–H and O–H groups in total. The maximum atomic E-state index is 12.9. The Bertz CT molecular complexity index is 1130. The van der Waals surface area contributed by atoms with Crippen molar-refractivity contribution in [2.75, 3.05) is 6.61 Å². The van der Waals surface area contributed by atoms with E-state index >= 15 is 0 Å². The summed E-state index contributed by atoms with van der Waals surface area (Å²) in [4.78, 5) is 37.6. The van der Waals surface area contributed by atoms with Gasteiger partial charge in [0.25, 0.3) is 0 Å².